The van der Waals surface area contributed by atoms with Gasteiger partial charge in [-0.25, -0.2) is 4.98 Å². The molecule has 168 valence electrons. The van der Waals surface area contributed by atoms with Gasteiger partial charge in [0.1, 0.15) is 17.1 Å². The van der Waals surface area contributed by atoms with Crippen molar-refractivity contribution in [1.82, 2.24) is 9.88 Å². The molecule has 2 N–H and O–H groups in total. The monoisotopic (exact) mass is 433 g/mol. The molecule has 2 aliphatic heterocycles. The molecule has 7 nitrogen and oxygen atoms in total. The molecule has 7 heteroatoms. The van der Waals surface area contributed by atoms with Crippen LogP contribution in [0.2, 0.25) is 0 Å². The number of aryl methyl sites for hydroxylation is 1. The number of para-hydroxylation sites is 1. The van der Waals surface area contributed by atoms with E-state index in [2.05, 4.69) is 15.6 Å². The van der Waals surface area contributed by atoms with Gasteiger partial charge < -0.3 is 20.3 Å². The van der Waals surface area contributed by atoms with E-state index in [9.17, 15) is 4.79 Å². The number of amidine groups is 1. The van der Waals surface area contributed by atoms with Crippen LogP contribution in [0.15, 0.2) is 47.6 Å². The van der Waals surface area contributed by atoms with Crippen LogP contribution in [-0.2, 0) is 11.2 Å². The number of aliphatic imine (C=N–C) groups is 1. The van der Waals surface area contributed by atoms with Crippen LogP contribution in [0.4, 0.5) is 11.5 Å². The fourth-order valence-corrected chi connectivity index (χ4v) is 5.15. The third-order valence-corrected chi connectivity index (χ3v) is 6.93. The smallest absolute Gasteiger partial charge is 0.222 e. The van der Waals surface area contributed by atoms with Crippen molar-refractivity contribution in [3.8, 4) is 5.75 Å². The van der Waals surface area contributed by atoms with Gasteiger partial charge in [0.25, 0.3) is 0 Å². The Labute approximate surface area is 189 Å². The molecule has 5 rings (SSSR count). The number of hydrogen-bond donors (Lipinski definition) is 2. The summed E-state index contributed by atoms with van der Waals surface area (Å²) < 4.78 is 5.44. The molecule has 0 unspecified atom stereocenters. The minimum Gasteiger partial charge on any atom is -0.496 e. The molecule has 0 radical (unpaired) electrons. The molecule has 1 aromatic carbocycles. The number of rotatable bonds is 5. The van der Waals surface area contributed by atoms with Crippen LogP contribution in [0.5, 0.6) is 5.75 Å². The summed E-state index contributed by atoms with van der Waals surface area (Å²) >= 11 is 0. The second-order valence-corrected chi connectivity index (χ2v) is 9.02. The van der Waals surface area contributed by atoms with Gasteiger partial charge in [0.05, 0.1) is 25.4 Å². The first-order valence-electron chi connectivity index (χ1n) is 11.6. The van der Waals surface area contributed by atoms with Crippen LogP contribution >= 0.6 is 0 Å². The van der Waals surface area contributed by atoms with E-state index < -0.39 is 0 Å². The largest absolute Gasteiger partial charge is 0.496 e. The maximum atomic E-state index is 13.1. The summed E-state index contributed by atoms with van der Waals surface area (Å²) in [6.07, 6.45) is 8.52. The van der Waals surface area contributed by atoms with Gasteiger partial charge in [-0.1, -0.05) is 31.0 Å². The zero-order valence-electron chi connectivity index (χ0n) is 18.6. The average Bonchev–Trinajstić information content (AvgIpc) is 3.49. The first kappa shape index (κ1) is 20.8. The predicted octanol–water partition coefficient (Wildman–Crippen LogP) is 3.87. The second kappa shape index (κ2) is 8.81. The molecule has 3 heterocycles. The van der Waals surface area contributed by atoms with Crippen molar-refractivity contribution in [3.63, 3.8) is 0 Å². The van der Waals surface area contributed by atoms with E-state index in [-0.39, 0.29) is 11.4 Å². The lowest BCUT2D eigenvalue weighted by atomic mass is 9.93. The normalized spacial score (nSPS) is 23.8. The van der Waals surface area contributed by atoms with Gasteiger partial charge in [-0.05, 0) is 49.4 Å². The van der Waals surface area contributed by atoms with Gasteiger partial charge in [0.15, 0.2) is 5.82 Å². The molecular weight excluding hydrogens is 402 g/mol. The highest BCUT2D eigenvalue weighted by molar-refractivity contribution is 6.09. The number of methoxy groups -OCH3 is 1. The van der Waals surface area contributed by atoms with E-state index >= 15 is 0 Å². The van der Waals surface area contributed by atoms with Crippen molar-refractivity contribution < 1.29 is 9.53 Å². The van der Waals surface area contributed by atoms with Crippen LogP contribution in [0.25, 0.3) is 0 Å². The van der Waals surface area contributed by atoms with Crippen molar-refractivity contribution in [3.05, 3.63) is 48.2 Å². The summed E-state index contributed by atoms with van der Waals surface area (Å²) in [7, 11) is 1.67. The molecule has 1 amide bonds. The quantitative estimate of drug-likeness (QED) is 0.748. The molecule has 1 aliphatic carbocycles. The minimum absolute atomic E-state index is 0.173. The van der Waals surface area contributed by atoms with Crippen LogP contribution in [0, 0.1) is 0 Å². The Morgan fingerprint density at radius 1 is 1.25 bits per heavy atom. The molecule has 1 atom stereocenters. The van der Waals surface area contributed by atoms with E-state index in [0.29, 0.717) is 25.4 Å². The molecule has 3 aliphatic rings. The van der Waals surface area contributed by atoms with E-state index in [1.165, 1.54) is 12.8 Å². The van der Waals surface area contributed by atoms with Crippen molar-refractivity contribution in [1.29, 1.82) is 0 Å². The molecule has 2 aromatic rings. The number of carbonyl (C=O) groups is 1. The second-order valence-electron chi connectivity index (χ2n) is 9.02. The van der Waals surface area contributed by atoms with Gasteiger partial charge >= 0.3 is 0 Å². The first-order chi connectivity index (χ1) is 15.7. The van der Waals surface area contributed by atoms with Crippen molar-refractivity contribution in [2.45, 2.75) is 56.5 Å². The Morgan fingerprint density at radius 3 is 2.94 bits per heavy atom. The third-order valence-electron chi connectivity index (χ3n) is 6.93. The lowest BCUT2D eigenvalue weighted by Crippen LogP contribution is -2.55. The highest BCUT2D eigenvalue weighted by Crippen LogP contribution is 2.36. The number of amides is 1. The summed E-state index contributed by atoms with van der Waals surface area (Å²) in [6.45, 7) is 1.34. The molecule has 1 saturated carbocycles. The summed E-state index contributed by atoms with van der Waals surface area (Å²) in [4.78, 5) is 24.7. The van der Waals surface area contributed by atoms with Crippen LogP contribution in [0.3, 0.4) is 0 Å². The summed E-state index contributed by atoms with van der Waals surface area (Å²) in [6, 6.07) is 12.2. The number of anilines is 2. The number of pyridine rings is 1. The maximum Gasteiger partial charge on any atom is 0.222 e. The number of carbonyl (C=O) groups excluding carboxylic acids is 1. The lowest BCUT2D eigenvalue weighted by Gasteiger charge is -2.38. The van der Waals surface area contributed by atoms with Gasteiger partial charge in [-0.2, -0.15) is 0 Å². The summed E-state index contributed by atoms with van der Waals surface area (Å²) in [5.74, 6) is 2.77. The number of hydrogen-bond acceptors (Lipinski definition) is 5. The van der Waals surface area contributed by atoms with E-state index in [4.69, 9.17) is 9.73 Å². The number of likely N-dealkylation sites (tertiary alicyclic amines) is 1. The Balaban J connectivity index is 1.33. The predicted molar refractivity (Wildman–Crippen MR) is 126 cm³/mol. The zero-order chi connectivity index (χ0) is 22.0. The zero-order valence-corrected chi connectivity index (χ0v) is 18.6. The van der Waals surface area contributed by atoms with Gasteiger partial charge in [-0.15, -0.1) is 0 Å². The third kappa shape index (κ3) is 4.04. The van der Waals surface area contributed by atoms with Crippen molar-refractivity contribution in [2.75, 3.05) is 30.8 Å². The SMILES string of the molecule is COc1ccccc1CCC(=O)N1CC[C@]2(C1)Nc1cccnc1NC2=NC1CCCC1. The average molecular weight is 434 g/mol. The highest BCUT2D eigenvalue weighted by atomic mass is 16.5. The summed E-state index contributed by atoms with van der Waals surface area (Å²) in [5, 5.41) is 7.21. The number of fused-ring (bicyclic) bond motifs is 1. The molecule has 32 heavy (non-hydrogen) atoms. The molecule has 2 fully saturated rings. The Morgan fingerprint density at radius 2 is 2.09 bits per heavy atom. The van der Waals surface area contributed by atoms with Gasteiger partial charge in [0, 0.05) is 19.2 Å². The molecular formula is C25H31N5O2. The number of ether oxygens (including phenoxy) is 1. The first-order valence-corrected chi connectivity index (χ1v) is 11.6. The Hall–Kier alpha value is -3.09. The van der Waals surface area contributed by atoms with Crippen LogP contribution < -0.4 is 15.4 Å². The minimum atomic E-state index is -0.376. The van der Waals surface area contributed by atoms with E-state index in [1.807, 2.05) is 41.3 Å². The highest BCUT2D eigenvalue weighted by Gasteiger charge is 2.47. The van der Waals surface area contributed by atoms with E-state index in [0.717, 1.165) is 54.5 Å². The van der Waals surface area contributed by atoms with Gasteiger partial charge in [0.2, 0.25) is 5.91 Å². The van der Waals surface area contributed by atoms with Gasteiger partial charge in [-0.3, -0.25) is 9.79 Å². The van der Waals surface area contributed by atoms with Crippen LogP contribution in [0.1, 0.15) is 44.1 Å². The molecule has 0 bridgehead atoms. The van der Waals surface area contributed by atoms with Crippen molar-refractivity contribution >= 4 is 23.2 Å². The molecule has 1 spiro atoms. The topological polar surface area (TPSA) is 78.8 Å². The van der Waals surface area contributed by atoms with Crippen molar-refractivity contribution in [2.24, 2.45) is 4.99 Å². The van der Waals surface area contributed by atoms with Crippen LogP contribution in [-0.4, -0.2) is 53.4 Å². The maximum absolute atomic E-state index is 13.1. The number of benzene rings is 1. The number of aromatic nitrogens is 1. The standard InChI is InChI=1S/C25H31N5O2/c1-32-21-11-5-2-7-18(21)12-13-22(31)30-16-14-25(17-30)24(27-19-8-3-4-9-19)28-23-20(29-25)10-6-15-26-23/h2,5-7,10-11,15,19,29H,3-4,8-9,12-14,16-17H2,1H3,(H,26,27,28)/t25-/m1/s1. The fourth-order valence-electron chi connectivity index (χ4n) is 5.15. The number of nitrogens with one attached hydrogen (secondary N) is 2. The van der Waals surface area contributed by atoms with E-state index in [1.54, 1.807) is 13.3 Å². The fraction of sp³-hybridized carbons (Fsp3) is 0.480. The summed E-state index contributed by atoms with van der Waals surface area (Å²) in [5.41, 5.74) is 1.66. The number of nitrogens with zero attached hydrogens (tertiary/aromatic N) is 3. The molecule has 1 saturated heterocycles. The Bertz CT molecular complexity index is 1020. The molecule has 1 aromatic heterocycles. The lowest BCUT2D eigenvalue weighted by molar-refractivity contribution is -0.130. The Kier molecular flexibility index (Phi) is 5.72.